The first-order valence-corrected chi connectivity index (χ1v) is 10.00. The number of hydrogen-bond acceptors (Lipinski definition) is 4. The highest BCUT2D eigenvalue weighted by atomic mass is 127. The third-order valence-electron chi connectivity index (χ3n) is 4.63. The van der Waals surface area contributed by atoms with E-state index in [-0.39, 0.29) is 30.1 Å². The zero-order valence-electron chi connectivity index (χ0n) is 18.3. The predicted molar refractivity (Wildman–Crippen MR) is 133 cm³/mol. The molecule has 0 aliphatic carbocycles. The fraction of sp³-hybridized carbons (Fsp3) is 0.435. The zero-order chi connectivity index (χ0) is 20.9. The quantitative estimate of drug-likeness (QED) is 0.199. The SMILES string of the molecule is CN=C(NCCCOC(C)c1ccccc1)NCCc1ccc(OC)c(OC)c1.I. The lowest BCUT2D eigenvalue weighted by Crippen LogP contribution is -2.39. The number of hydrogen-bond donors (Lipinski definition) is 2. The number of methoxy groups -OCH3 is 2. The van der Waals surface area contributed by atoms with Crippen LogP contribution in [0.25, 0.3) is 0 Å². The summed E-state index contributed by atoms with van der Waals surface area (Å²) >= 11 is 0. The Morgan fingerprint density at radius 3 is 2.33 bits per heavy atom. The third kappa shape index (κ3) is 8.79. The molecule has 2 aromatic rings. The smallest absolute Gasteiger partial charge is 0.190 e. The normalized spacial score (nSPS) is 11.9. The summed E-state index contributed by atoms with van der Waals surface area (Å²) in [7, 11) is 5.07. The summed E-state index contributed by atoms with van der Waals surface area (Å²) in [6, 6.07) is 16.2. The summed E-state index contributed by atoms with van der Waals surface area (Å²) in [4.78, 5) is 4.27. The first-order chi connectivity index (χ1) is 14.2. The minimum Gasteiger partial charge on any atom is -0.493 e. The van der Waals surface area contributed by atoms with Crippen molar-refractivity contribution < 1.29 is 14.2 Å². The van der Waals surface area contributed by atoms with Crippen molar-refractivity contribution in [2.75, 3.05) is 41.0 Å². The summed E-state index contributed by atoms with van der Waals surface area (Å²) < 4.78 is 16.5. The van der Waals surface area contributed by atoms with Crippen molar-refractivity contribution in [3.63, 3.8) is 0 Å². The second-order valence-corrected chi connectivity index (χ2v) is 6.64. The van der Waals surface area contributed by atoms with Crippen molar-refractivity contribution in [1.29, 1.82) is 0 Å². The van der Waals surface area contributed by atoms with Gasteiger partial charge in [0.2, 0.25) is 0 Å². The van der Waals surface area contributed by atoms with E-state index in [0.29, 0.717) is 6.61 Å². The molecule has 0 radical (unpaired) electrons. The molecule has 30 heavy (non-hydrogen) atoms. The molecule has 0 heterocycles. The molecule has 0 aliphatic heterocycles. The summed E-state index contributed by atoms with van der Waals surface area (Å²) in [6.07, 6.45) is 1.88. The maximum absolute atomic E-state index is 5.90. The van der Waals surface area contributed by atoms with Crippen molar-refractivity contribution >= 4 is 29.9 Å². The van der Waals surface area contributed by atoms with Crippen LogP contribution >= 0.6 is 24.0 Å². The Bertz CT molecular complexity index is 757. The maximum atomic E-state index is 5.90. The fourth-order valence-corrected chi connectivity index (χ4v) is 2.94. The van der Waals surface area contributed by atoms with Crippen LogP contribution in [-0.4, -0.2) is 46.9 Å². The molecule has 0 bridgehead atoms. The second-order valence-electron chi connectivity index (χ2n) is 6.64. The van der Waals surface area contributed by atoms with Gasteiger partial charge in [-0.1, -0.05) is 36.4 Å². The summed E-state index contributed by atoms with van der Waals surface area (Å²) in [6.45, 7) is 4.36. The van der Waals surface area contributed by atoms with Crippen molar-refractivity contribution in [3.8, 4) is 11.5 Å². The number of nitrogens with zero attached hydrogens (tertiary/aromatic N) is 1. The summed E-state index contributed by atoms with van der Waals surface area (Å²) in [5.74, 6) is 2.28. The Morgan fingerprint density at radius 1 is 0.967 bits per heavy atom. The zero-order valence-corrected chi connectivity index (χ0v) is 20.6. The highest BCUT2D eigenvalue weighted by Gasteiger charge is 2.06. The lowest BCUT2D eigenvalue weighted by molar-refractivity contribution is 0.0646. The van der Waals surface area contributed by atoms with Gasteiger partial charge in [0, 0.05) is 26.7 Å². The van der Waals surface area contributed by atoms with E-state index in [4.69, 9.17) is 14.2 Å². The Kier molecular flexibility index (Phi) is 12.9. The average Bonchev–Trinajstić information content (AvgIpc) is 2.77. The van der Waals surface area contributed by atoms with Gasteiger partial charge in [0.15, 0.2) is 17.5 Å². The molecular weight excluding hydrogens is 493 g/mol. The van der Waals surface area contributed by atoms with Crippen LogP contribution < -0.4 is 20.1 Å². The molecule has 1 unspecified atom stereocenters. The molecule has 0 fully saturated rings. The number of guanidine groups is 1. The van der Waals surface area contributed by atoms with Crippen molar-refractivity contribution in [2.45, 2.75) is 25.9 Å². The van der Waals surface area contributed by atoms with Crippen LogP contribution in [0.3, 0.4) is 0 Å². The molecule has 2 rings (SSSR count). The van der Waals surface area contributed by atoms with E-state index in [1.807, 2.05) is 36.4 Å². The van der Waals surface area contributed by atoms with Gasteiger partial charge >= 0.3 is 0 Å². The Labute approximate surface area is 197 Å². The molecule has 0 saturated heterocycles. The van der Waals surface area contributed by atoms with Gasteiger partial charge in [-0.15, -0.1) is 24.0 Å². The van der Waals surface area contributed by atoms with Crippen LogP contribution in [0, 0.1) is 0 Å². The molecule has 0 spiro atoms. The van der Waals surface area contributed by atoms with E-state index in [9.17, 15) is 0 Å². The van der Waals surface area contributed by atoms with E-state index in [2.05, 4.69) is 34.7 Å². The van der Waals surface area contributed by atoms with Gasteiger partial charge in [-0.2, -0.15) is 0 Å². The van der Waals surface area contributed by atoms with E-state index in [0.717, 1.165) is 43.4 Å². The molecule has 0 aliphatic rings. The molecule has 2 N–H and O–H groups in total. The lowest BCUT2D eigenvalue weighted by Gasteiger charge is -2.15. The molecule has 0 amide bonds. The topological polar surface area (TPSA) is 64.1 Å². The van der Waals surface area contributed by atoms with E-state index < -0.39 is 0 Å². The fourth-order valence-electron chi connectivity index (χ4n) is 2.94. The minimum absolute atomic E-state index is 0. The molecule has 7 heteroatoms. The maximum Gasteiger partial charge on any atom is 0.190 e. The second kappa shape index (κ2) is 14.9. The Hall–Kier alpha value is -2.00. The van der Waals surface area contributed by atoms with Crippen LogP contribution in [0.2, 0.25) is 0 Å². The van der Waals surface area contributed by atoms with Crippen LogP contribution in [0.5, 0.6) is 11.5 Å². The monoisotopic (exact) mass is 527 g/mol. The molecule has 0 saturated carbocycles. The van der Waals surface area contributed by atoms with E-state index >= 15 is 0 Å². The molecule has 2 aromatic carbocycles. The van der Waals surface area contributed by atoms with E-state index in [1.165, 1.54) is 11.1 Å². The number of nitrogens with one attached hydrogen (secondary N) is 2. The number of halogens is 1. The van der Waals surface area contributed by atoms with Gasteiger partial charge in [-0.25, -0.2) is 0 Å². The van der Waals surface area contributed by atoms with Crippen molar-refractivity contribution in [2.24, 2.45) is 4.99 Å². The van der Waals surface area contributed by atoms with Crippen molar-refractivity contribution in [1.82, 2.24) is 10.6 Å². The Morgan fingerprint density at radius 2 is 1.67 bits per heavy atom. The third-order valence-corrected chi connectivity index (χ3v) is 4.63. The first-order valence-electron chi connectivity index (χ1n) is 10.00. The van der Waals surface area contributed by atoms with Crippen LogP contribution in [0.4, 0.5) is 0 Å². The van der Waals surface area contributed by atoms with E-state index in [1.54, 1.807) is 21.3 Å². The number of benzene rings is 2. The van der Waals surface area contributed by atoms with Crippen LogP contribution in [0.1, 0.15) is 30.6 Å². The standard InChI is InChI=1S/C23H33N3O3.HI/c1-18(20-9-6-5-7-10-20)29-16-8-14-25-23(24-2)26-15-13-19-11-12-21(27-3)22(17-19)28-4;/h5-7,9-12,17-18H,8,13-16H2,1-4H3,(H2,24,25,26);1H. The Balaban J connectivity index is 0.00000450. The van der Waals surface area contributed by atoms with Gasteiger partial charge in [-0.3, -0.25) is 4.99 Å². The highest BCUT2D eigenvalue weighted by molar-refractivity contribution is 14.0. The number of ether oxygens (including phenoxy) is 3. The highest BCUT2D eigenvalue weighted by Crippen LogP contribution is 2.27. The largest absolute Gasteiger partial charge is 0.493 e. The summed E-state index contributed by atoms with van der Waals surface area (Å²) in [5, 5.41) is 6.66. The van der Waals surface area contributed by atoms with Crippen LogP contribution in [0.15, 0.2) is 53.5 Å². The van der Waals surface area contributed by atoms with Crippen molar-refractivity contribution in [3.05, 3.63) is 59.7 Å². The lowest BCUT2D eigenvalue weighted by atomic mass is 10.1. The number of aliphatic imine (C=N–C) groups is 1. The van der Waals surface area contributed by atoms with Gasteiger partial charge in [-0.05, 0) is 43.0 Å². The van der Waals surface area contributed by atoms with Gasteiger partial charge in [0.05, 0.1) is 20.3 Å². The van der Waals surface area contributed by atoms with Crippen LogP contribution in [-0.2, 0) is 11.2 Å². The molecular formula is C23H34IN3O3. The van der Waals surface area contributed by atoms with Gasteiger partial charge in [0.1, 0.15) is 0 Å². The molecule has 0 aromatic heterocycles. The average molecular weight is 527 g/mol. The first kappa shape index (κ1) is 26.0. The molecule has 166 valence electrons. The van der Waals surface area contributed by atoms with Gasteiger partial charge in [0.25, 0.3) is 0 Å². The predicted octanol–water partition coefficient (Wildman–Crippen LogP) is 4.20. The minimum atomic E-state index is 0. The summed E-state index contributed by atoms with van der Waals surface area (Å²) in [5.41, 5.74) is 2.38. The van der Waals surface area contributed by atoms with Gasteiger partial charge < -0.3 is 24.8 Å². The number of rotatable bonds is 11. The molecule has 6 nitrogen and oxygen atoms in total. The molecule has 1 atom stereocenters.